The van der Waals surface area contributed by atoms with E-state index in [1.165, 1.54) is 6.26 Å². The van der Waals surface area contributed by atoms with Crippen molar-refractivity contribution >= 4 is 10.0 Å². The van der Waals surface area contributed by atoms with Gasteiger partial charge in [-0.05, 0) is 37.8 Å². The first-order valence-electron chi connectivity index (χ1n) is 7.75. The fourth-order valence-corrected chi connectivity index (χ4v) is 5.36. The molecule has 2 aliphatic rings. The quantitative estimate of drug-likeness (QED) is 0.850. The second kappa shape index (κ2) is 5.38. The number of hydrogen-bond acceptors (Lipinski definition) is 6. The molecule has 8 heteroatoms. The highest BCUT2D eigenvalue weighted by molar-refractivity contribution is 7.88. The average Bonchev–Trinajstić information content (AvgIpc) is 3.11. The SMILES string of the molecule is CS(=O)(=O)N1[C@@H]2CC[C@H]1CC(c1nc(-c3cccnc3)no1)C2. The van der Waals surface area contributed by atoms with Gasteiger partial charge in [0.25, 0.3) is 0 Å². The van der Waals surface area contributed by atoms with Crippen LogP contribution < -0.4 is 0 Å². The Morgan fingerprint density at radius 2 is 2.00 bits per heavy atom. The Balaban J connectivity index is 1.57. The van der Waals surface area contributed by atoms with E-state index < -0.39 is 10.0 Å². The fourth-order valence-electron chi connectivity index (χ4n) is 3.89. The lowest BCUT2D eigenvalue weighted by molar-refractivity contribution is 0.203. The van der Waals surface area contributed by atoms with Crippen molar-refractivity contribution in [2.45, 2.75) is 43.7 Å². The van der Waals surface area contributed by atoms with Gasteiger partial charge in [-0.2, -0.15) is 9.29 Å². The summed E-state index contributed by atoms with van der Waals surface area (Å²) in [6.45, 7) is 0. The van der Waals surface area contributed by atoms with Crippen LogP contribution in [0.25, 0.3) is 11.4 Å². The number of rotatable bonds is 3. The zero-order valence-corrected chi connectivity index (χ0v) is 13.6. The summed E-state index contributed by atoms with van der Waals surface area (Å²) < 4.78 is 31.0. The molecule has 1 unspecified atom stereocenters. The van der Waals surface area contributed by atoms with Crippen LogP contribution in [0.2, 0.25) is 0 Å². The van der Waals surface area contributed by atoms with E-state index >= 15 is 0 Å². The Morgan fingerprint density at radius 1 is 1.26 bits per heavy atom. The van der Waals surface area contributed by atoms with E-state index in [0.717, 1.165) is 31.2 Å². The van der Waals surface area contributed by atoms with Crippen LogP contribution in [0.5, 0.6) is 0 Å². The molecule has 2 bridgehead atoms. The number of pyridine rings is 1. The summed E-state index contributed by atoms with van der Waals surface area (Å²) in [5.74, 6) is 1.27. The average molecular weight is 334 g/mol. The smallest absolute Gasteiger partial charge is 0.230 e. The molecule has 122 valence electrons. The normalized spacial score (nSPS) is 28.1. The second-order valence-electron chi connectivity index (χ2n) is 6.34. The van der Waals surface area contributed by atoms with Crippen LogP contribution in [0.1, 0.15) is 37.5 Å². The van der Waals surface area contributed by atoms with Gasteiger partial charge in [-0.3, -0.25) is 4.98 Å². The zero-order chi connectivity index (χ0) is 16.0. The molecule has 2 fully saturated rings. The van der Waals surface area contributed by atoms with Crippen molar-refractivity contribution in [3.8, 4) is 11.4 Å². The molecule has 23 heavy (non-hydrogen) atoms. The van der Waals surface area contributed by atoms with E-state index in [2.05, 4.69) is 15.1 Å². The van der Waals surface area contributed by atoms with Crippen molar-refractivity contribution in [2.24, 2.45) is 0 Å². The molecule has 0 aromatic carbocycles. The van der Waals surface area contributed by atoms with Crippen molar-refractivity contribution in [3.05, 3.63) is 30.4 Å². The maximum absolute atomic E-state index is 11.9. The van der Waals surface area contributed by atoms with Gasteiger partial charge < -0.3 is 4.52 Å². The third-order valence-corrected chi connectivity index (χ3v) is 6.12. The van der Waals surface area contributed by atoms with Gasteiger partial charge in [0.15, 0.2) is 0 Å². The molecule has 0 aliphatic carbocycles. The Labute approximate surface area is 134 Å². The van der Waals surface area contributed by atoms with Crippen LogP contribution in [0.3, 0.4) is 0 Å². The first-order chi connectivity index (χ1) is 11.0. The summed E-state index contributed by atoms with van der Waals surface area (Å²) in [6, 6.07) is 3.83. The van der Waals surface area contributed by atoms with Crippen molar-refractivity contribution in [1.29, 1.82) is 0 Å². The van der Waals surface area contributed by atoms with E-state index in [-0.39, 0.29) is 18.0 Å². The number of aromatic nitrogens is 3. The molecule has 4 heterocycles. The van der Waals surface area contributed by atoms with Crippen molar-refractivity contribution in [3.63, 3.8) is 0 Å². The molecule has 2 saturated heterocycles. The van der Waals surface area contributed by atoms with Crippen molar-refractivity contribution in [1.82, 2.24) is 19.4 Å². The number of hydrogen-bond donors (Lipinski definition) is 0. The Bertz CT molecular complexity index is 791. The number of nitrogens with zero attached hydrogens (tertiary/aromatic N) is 4. The van der Waals surface area contributed by atoms with Crippen LogP contribution in [0, 0.1) is 0 Å². The molecule has 0 saturated carbocycles. The fraction of sp³-hybridized carbons (Fsp3) is 0.533. The van der Waals surface area contributed by atoms with E-state index in [1.807, 2.05) is 12.1 Å². The molecular formula is C15H18N4O3S. The van der Waals surface area contributed by atoms with Gasteiger partial charge in [-0.15, -0.1) is 0 Å². The Morgan fingerprint density at radius 3 is 2.61 bits per heavy atom. The van der Waals surface area contributed by atoms with Crippen molar-refractivity contribution in [2.75, 3.05) is 6.26 Å². The summed E-state index contributed by atoms with van der Waals surface area (Å²) in [5.41, 5.74) is 0.819. The first-order valence-corrected chi connectivity index (χ1v) is 9.59. The van der Waals surface area contributed by atoms with Gasteiger partial charge in [-0.25, -0.2) is 8.42 Å². The maximum atomic E-state index is 11.9. The van der Waals surface area contributed by atoms with Gasteiger partial charge >= 0.3 is 0 Å². The molecular weight excluding hydrogens is 316 g/mol. The van der Waals surface area contributed by atoms with Crippen LogP contribution in [-0.4, -0.2) is 46.2 Å². The minimum atomic E-state index is -3.15. The highest BCUT2D eigenvalue weighted by atomic mass is 32.2. The highest BCUT2D eigenvalue weighted by Crippen LogP contribution is 2.44. The van der Waals surface area contributed by atoms with Crippen LogP contribution in [0.4, 0.5) is 0 Å². The monoisotopic (exact) mass is 334 g/mol. The lowest BCUT2D eigenvalue weighted by atomic mass is 9.92. The van der Waals surface area contributed by atoms with E-state index in [4.69, 9.17) is 4.52 Å². The molecule has 2 aromatic heterocycles. The molecule has 3 atom stereocenters. The molecule has 7 nitrogen and oxygen atoms in total. The third-order valence-electron chi connectivity index (χ3n) is 4.76. The largest absolute Gasteiger partial charge is 0.339 e. The van der Waals surface area contributed by atoms with Crippen molar-refractivity contribution < 1.29 is 12.9 Å². The Hall–Kier alpha value is -1.80. The molecule has 4 rings (SSSR count). The van der Waals surface area contributed by atoms with Gasteiger partial charge in [0.1, 0.15) is 0 Å². The highest BCUT2D eigenvalue weighted by Gasteiger charge is 2.46. The standard InChI is InChI=1S/C15H18N4O3S/c1-23(20,21)19-12-4-5-13(19)8-11(7-12)15-17-14(18-22-15)10-3-2-6-16-9-10/h2-3,6,9,11-13H,4-5,7-8H2,1H3/t11?,12-,13+. The lowest BCUT2D eigenvalue weighted by Crippen LogP contribution is -2.45. The van der Waals surface area contributed by atoms with Crippen LogP contribution in [-0.2, 0) is 10.0 Å². The number of sulfonamides is 1. The van der Waals surface area contributed by atoms with Gasteiger partial charge in [0.05, 0.1) is 6.26 Å². The lowest BCUT2D eigenvalue weighted by Gasteiger charge is -2.35. The van der Waals surface area contributed by atoms with Crippen LogP contribution >= 0.6 is 0 Å². The zero-order valence-electron chi connectivity index (χ0n) is 12.8. The van der Waals surface area contributed by atoms with E-state index in [9.17, 15) is 8.42 Å². The summed E-state index contributed by atoms with van der Waals surface area (Å²) in [6.07, 6.45) is 8.02. The number of fused-ring (bicyclic) bond motifs is 2. The predicted molar refractivity (Wildman–Crippen MR) is 83.0 cm³/mol. The van der Waals surface area contributed by atoms with Gasteiger partial charge in [0.2, 0.25) is 21.7 Å². The first kappa shape index (κ1) is 14.8. The predicted octanol–water partition coefficient (Wildman–Crippen LogP) is 1.80. The summed E-state index contributed by atoms with van der Waals surface area (Å²) in [5, 5.41) is 4.04. The van der Waals surface area contributed by atoms with E-state index in [0.29, 0.717) is 11.7 Å². The molecule has 2 aromatic rings. The molecule has 0 spiro atoms. The molecule has 0 N–H and O–H groups in total. The maximum Gasteiger partial charge on any atom is 0.230 e. The van der Waals surface area contributed by atoms with Gasteiger partial charge in [0, 0.05) is 36.0 Å². The molecule has 0 radical (unpaired) electrons. The topological polar surface area (TPSA) is 89.2 Å². The number of piperidine rings is 1. The second-order valence-corrected chi connectivity index (χ2v) is 8.23. The Kier molecular flexibility index (Phi) is 3.46. The van der Waals surface area contributed by atoms with Gasteiger partial charge in [-0.1, -0.05) is 5.16 Å². The minimum Gasteiger partial charge on any atom is -0.339 e. The minimum absolute atomic E-state index is 0.0579. The molecule has 0 amide bonds. The van der Waals surface area contributed by atoms with Crippen LogP contribution in [0.15, 0.2) is 29.0 Å². The summed E-state index contributed by atoms with van der Waals surface area (Å²) in [4.78, 5) is 8.56. The van der Waals surface area contributed by atoms with E-state index in [1.54, 1.807) is 16.7 Å². The third kappa shape index (κ3) is 2.66. The summed E-state index contributed by atoms with van der Waals surface area (Å²) in [7, 11) is -3.15. The molecule has 2 aliphatic heterocycles. The summed E-state index contributed by atoms with van der Waals surface area (Å²) >= 11 is 0.